The first kappa shape index (κ1) is 19.5. The Bertz CT molecular complexity index is 804. The lowest BCUT2D eigenvalue weighted by molar-refractivity contribution is -0.128. The second-order valence-corrected chi connectivity index (χ2v) is 8.01. The van der Waals surface area contributed by atoms with E-state index < -0.39 is 0 Å². The highest BCUT2D eigenvalue weighted by Crippen LogP contribution is 2.36. The lowest BCUT2D eigenvalue weighted by atomic mass is 10.1. The van der Waals surface area contributed by atoms with Gasteiger partial charge in [-0.3, -0.25) is 9.59 Å². The first-order chi connectivity index (χ1) is 13.0. The molecule has 1 saturated heterocycles. The van der Waals surface area contributed by atoms with Gasteiger partial charge < -0.3 is 15.0 Å². The number of amides is 2. The van der Waals surface area contributed by atoms with E-state index in [1.54, 1.807) is 12.0 Å². The van der Waals surface area contributed by atoms with Crippen LogP contribution < -0.4 is 5.32 Å². The summed E-state index contributed by atoms with van der Waals surface area (Å²) in [7, 11) is 1.60. The molecular formula is C20H25N3O3S. The van der Waals surface area contributed by atoms with Crippen LogP contribution in [0.25, 0.3) is 11.3 Å². The molecule has 2 amide bonds. The predicted molar refractivity (Wildman–Crippen MR) is 107 cm³/mol. The van der Waals surface area contributed by atoms with Crippen LogP contribution in [0.5, 0.6) is 0 Å². The maximum absolute atomic E-state index is 12.7. The smallest absolute Gasteiger partial charge is 0.231 e. The fraction of sp³-hybridized carbons (Fsp3) is 0.450. The minimum absolute atomic E-state index is 0.000757. The highest BCUT2D eigenvalue weighted by atomic mass is 32.1. The molecule has 1 aromatic carbocycles. The van der Waals surface area contributed by atoms with Crippen molar-refractivity contribution in [3.05, 3.63) is 35.2 Å². The second kappa shape index (κ2) is 8.63. The molecule has 7 heteroatoms. The third kappa shape index (κ3) is 4.54. The third-order valence-corrected chi connectivity index (χ3v) is 5.88. The number of hydrogen-bond acceptors (Lipinski definition) is 5. The summed E-state index contributed by atoms with van der Waals surface area (Å²) in [6, 6.07) is 9.98. The number of nitrogens with one attached hydrogen (secondary N) is 1. The summed E-state index contributed by atoms with van der Waals surface area (Å²) in [5.74, 6) is -0.187. The zero-order valence-corrected chi connectivity index (χ0v) is 16.7. The molecule has 1 fully saturated rings. The number of rotatable bonds is 7. The molecule has 3 rings (SSSR count). The van der Waals surface area contributed by atoms with Crippen molar-refractivity contribution < 1.29 is 14.3 Å². The van der Waals surface area contributed by atoms with E-state index in [4.69, 9.17) is 4.74 Å². The molecule has 0 saturated carbocycles. The van der Waals surface area contributed by atoms with Crippen LogP contribution in [0.3, 0.4) is 0 Å². The summed E-state index contributed by atoms with van der Waals surface area (Å²) in [5.41, 5.74) is 1.95. The average Bonchev–Trinajstić information content (AvgIpc) is 3.24. The largest absolute Gasteiger partial charge is 0.383 e. The van der Waals surface area contributed by atoms with Gasteiger partial charge in [0.2, 0.25) is 11.8 Å². The molecular weight excluding hydrogens is 362 g/mol. The Labute approximate surface area is 163 Å². The van der Waals surface area contributed by atoms with Crippen molar-refractivity contribution in [1.82, 2.24) is 9.88 Å². The average molecular weight is 388 g/mol. The molecule has 1 aromatic heterocycles. The SMILES string of the molecule is COCCN1CC(C(=O)Nc2nc(-c3ccccc3)c(C(C)C)s2)CC1=O. The number of carbonyl (C=O) groups excluding carboxylic acids is 2. The number of carbonyl (C=O) groups is 2. The Morgan fingerprint density at radius 1 is 1.37 bits per heavy atom. The summed E-state index contributed by atoms with van der Waals surface area (Å²) in [6.07, 6.45) is 0.240. The van der Waals surface area contributed by atoms with Crippen LogP contribution >= 0.6 is 11.3 Å². The number of nitrogens with zero attached hydrogens (tertiary/aromatic N) is 2. The Balaban J connectivity index is 1.72. The van der Waals surface area contributed by atoms with Crippen LogP contribution in [0.1, 0.15) is 31.1 Å². The van der Waals surface area contributed by atoms with Gasteiger partial charge in [0.1, 0.15) is 0 Å². The Hall–Kier alpha value is -2.25. The van der Waals surface area contributed by atoms with Crippen molar-refractivity contribution in [2.24, 2.45) is 5.92 Å². The number of likely N-dealkylation sites (tertiary alicyclic amines) is 1. The molecule has 2 aromatic rings. The van der Waals surface area contributed by atoms with Gasteiger partial charge in [0, 0.05) is 37.1 Å². The highest BCUT2D eigenvalue weighted by Gasteiger charge is 2.34. The molecule has 0 aliphatic carbocycles. The molecule has 144 valence electrons. The molecule has 1 unspecified atom stereocenters. The van der Waals surface area contributed by atoms with E-state index >= 15 is 0 Å². The minimum atomic E-state index is -0.346. The Morgan fingerprint density at radius 2 is 2.11 bits per heavy atom. The van der Waals surface area contributed by atoms with E-state index in [1.165, 1.54) is 11.3 Å². The van der Waals surface area contributed by atoms with Crippen LogP contribution in [-0.2, 0) is 14.3 Å². The number of anilines is 1. The zero-order chi connectivity index (χ0) is 19.4. The highest BCUT2D eigenvalue weighted by molar-refractivity contribution is 7.16. The van der Waals surface area contributed by atoms with Gasteiger partial charge >= 0.3 is 0 Å². The molecule has 1 atom stereocenters. The Morgan fingerprint density at radius 3 is 2.78 bits per heavy atom. The van der Waals surface area contributed by atoms with Crippen molar-refractivity contribution in [2.75, 3.05) is 32.1 Å². The molecule has 0 spiro atoms. The van der Waals surface area contributed by atoms with E-state index in [-0.39, 0.29) is 24.2 Å². The second-order valence-electron chi connectivity index (χ2n) is 6.98. The third-order valence-electron chi connectivity index (χ3n) is 4.61. The van der Waals surface area contributed by atoms with Crippen LogP contribution in [0.2, 0.25) is 0 Å². The number of aromatic nitrogens is 1. The van der Waals surface area contributed by atoms with Gasteiger partial charge in [0.15, 0.2) is 5.13 Å². The first-order valence-corrected chi connectivity index (χ1v) is 9.95. The van der Waals surface area contributed by atoms with Crippen molar-refractivity contribution in [1.29, 1.82) is 0 Å². The number of ether oxygens (including phenoxy) is 1. The maximum atomic E-state index is 12.7. The quantitative estimate of drug-likeness (QED) is 0.791. The molecule has 1 aliphatic rings. The lowest BCUT2D eigenvalue weighted by Gasteiger charge is -2.15. The fourth-order valence-electron chi connectivity index (χ4n) is 3.15. The molecule has 0 radical (unpaired) electrons. The summed E-state index contributed by atoms with van der Waals surface area (Å²) in [5, 5.41) is 3.51. The molecule has 1 N–H and O–H groups in total. The summed E-state index contributed by atoms with van der Waals surface area (Å²) >= 11 is 1.50. The van der Waals surface area contributed by atoms with E-state index in [0.29, 0.717) is 30.7 Å². The van der Waals surface area contributed by atoms with E-state index in [0.717, 1.165) is 16.1 Å². The Kier molecular flexibility index (Phi) is 6.23. The van der Waals surface area contributed by atoms with Gasteiger partial charge in [0.05, 0.1) is 18.2 Å². The zero-order valence-electron chi connectivity index (χ0n) is 15.9. The fourth-order valence-corrected chi connectivity index (χ4v) is 4.15. The van der Waals surface area contributed by atoms with Crippen molar-refractivity contribution >= 4 is 28.3 Å². The van der Waals surface area contributed by atoms with Crippen LogP contribution in [0, 0.1) is 5.92 Å². The van der Waals surface area contributed by atoms with E-state index in [9.17, 15) is 9.59 Å². The molecule has 1 aliphatic heterocycles. The number of thiazole rings is 1. The number of methoxy groups -OCH3 is 1. The van der Waals surface area contributed by atoms with Crippen molar-refractivity contribution in [3.63, 3.8) is 0 Å². The topological polar surface area (TPSA) is 71.5 Å². The van der Waals surface area contributed by atoms with Gasteiger partial charge in [-0.1, -0.05) is 44.2 Å². The molecule has 27 heavy (non-hydrogen) atoms. The van der Waals surface area contributed by atoms with Crippen LogP contribution in [-0.4, -0.2) is 48.5 Å². The summed E-state index contributed by atoms with van der Waals surface area (Å²) in [4.78, 5) is 32.2. The van der Waals surface area contributed by atoms with E-state index in [1.807, 2.05) is 30.3 Å². The summed E-state index contributed by atoms with van der Waals surface area (Å²) in [6.45, 7) is 5.67. The standard InChI is InChI=1S/C20H25N3O3S/c1-13(2)18-17(14-7-5-4-6-8-14)21-20(27-18)22-19(25)15-11-16(24)23(12-15)9-10-26-3/h4-8,13,15H,9-12H2,1-3H3,(H,21,22,25). The van der Waals surface area contributed by atoms with Crippen LogP contribution in [0.4, 0.5) is 5.13 Å². The van der Waals surface area contributed by atoms with Gasteiger partial charge in [-0.05, 0) is 5.92 Å². The van der Waals surface area contributed by atoms with E-state index in [2.05, 4.69) is 24.1 Å². The monoisotopic (exact) mass is 387 g/mol. The molecule has 0 bridgehead atoms. The number of hydrogen-bond donors (Lipinski definition) is 1. The molecule has 6 nitrogen and oxygen atoms in total. The van der Waals surface area contributed by atoms with Gasteiger partial charge in [-0.2, -0.15) is 0 Å². The minimum Gasteiger partial charge on any atom is -0.383 e. The van der Waals surface area contributed by atoms with Crippen LogP contribution in [0.15, 0.2) is 30.3 Å². The lowest BCUT2D eigenvalue weighted by Crippen LogP contribution is -2.30. The number of benzene rings is 1. The summed E-state index contributed by atoms with van der Waals surface area (Å²) < 4.78 is 5.02. The molecule has 2 heterocycles. The predicted octanol–water partition coefficient (Wildman–Crippen LogP) is 3.37. The van der Waals surface area contributed by atoms with Gasteiger partial charge in [-0.15, -0.1) is 11.3 Å². The van der Waals surface area contributed by atoms with Gasteiger partial charge in [-0.25, -0.2) is 4.98 Å². The first-order valence-electron chi connectivity index (χ1n) is 9.13. The van der Waals surface area contributed by atoms with Crippen molar-refractivity contribution in [3.8, 4) is 11.3 Å². The van der Waals surface area contributed by atoms with Gasteiger partial charge in [0.25, 0.3) is 0 Å². The van der Waals surface area contributed by atoms with Crippen molar-refractivity contribution in [2.45, 2.75) is 26.2 Å². The normalized spacial score (nSPS) is 17.0. The maximum Gasteiger partial charge on any atom is 0.231 e.